The lowest BCUT2D eigenvalue weighted by atomic mass is 10.1. The average Bonchev–Trinajstić information content (AvgIpc) is 3.12. The van der Waals surface area contributed by atoms with Crippen LogP contribution in [-0.2, 0) is 0 Å². The highest BCUT2D eigenvalue weighted by Gasteiger charge is 2.17. The minimum absolute atomic E-state index is 0.136. The van der Waals surface area contributed by atoms with Crippen molar-refractivity contribution in [3.63, 3.8) is 0 Å². The molecule has 1 aromatic heterocycles. The van der Waals surface area contributed by atoms with Gasteiger partial charge in [-0.1, -0.05) is 24.3 Å². The minimum atomic E-state index is -0.500. The standard InChI is InChI=1S/C21H15FN2O2S/c1-26-18-11-10-13(22)12-15(18)20(25)23-16-7-3-2-6-14(16)21-24-17-8-4-5-9-19(17)27-21/h2-12H,1H3,(H,23,25). The topological polar surface area (TPSA) is 51.2 Å². The van der Waals surface area contributed by atoms with Crippen molar-refractivity contribution >= 4 is 33.1 Å². The summed E-state index contributed by atoms with van der Waals surface area (Å²) in [4.78, 5) is 17.4. The first kappa shape index (κ1) is 17.2. The van der Waals surface area contributed by atoms with Crippen molar-refractivity contribution < 1.29 is 13.9 Å². The summed E-state index contributed by atoms with van der Waals surface area (Å²) in [5.74, 6) is -0.633. The Morgan fingerprint density at radius 1 is 1.07 bits per heavy atom. The fourth-order valence-corrected chi connectivity index (χ4v) is 3.82. The maximum atomic E-state index is 13.6. The average molecular weight is 378 g/mol. The van der Waals surface area contributed by atoms with Crippen LogP contribution < -0.4 is 10.1 Å². The summed E-state index contributed by atoms with van der Waals surface area (Å²) < 4.78 is 19.8. The Morgan fingerprint density at radius 2 is 1.85 bits per heavy atom. The van der Waals surface area contributed by atoms with Gasteiger partial charge in [-0.3, -0.25) is 4.79 Å². The SMILES string of the molecule is COc1ccc(F)cc1C(=O)Nc1ccccc1-c1nc2ccccc2s1. The van der Waals surface area contributed by atoms with Gasteiger partial charge in [0.25, 0.3) is 5.91 Å². The fourth-order valence-electron chi connectivity index (χ4n) is 2.81. The van der Waals surface area contributed by atoms with Crippen molar-refractivity contribution in [1.29, 1.82) is 0 Å². The maximum absolute atomic E-state index is 13.6. The fraction of sp³-hybridized carbons (Fsp3) is 0.0476. The lowest BCUT2D eigenvalue weighted by Crippen LogP contribution is -2.14. The van der Waals surface area contributed by atoms with Crippen LogP contribution in [0.1, 0.15) is 10.4 Å². The first-order valence-electron chi connectivity index (χ1n) is 8.25. The Labute approximate surface area is 159 Å². The summed E-state index contributed by atoms with van der Waals surface area (Å²) in [7, 11) is 1.44. The van der Waals surface area contributed by atoms with Crippen molar-refractivity contribution in [2.45, 2.75) is 0 Å². The molecule has 4 nitrogen and oxygen atoms in total. The van der Waals surface area contributed by atoms with Crippen molar-refractivity contribution in [3.8, 4) is 16.3 Å². The van der Waals surface area contributed by atoms with Crippen LogP contribution in [0.3, 0.4) is 0 Å². The van der Waals surface area contributed by atoms with E-state index in [0.29, 0.717) is 11.4 Å². The number of thiazole rings is 1. The van der Waals surface area contributed by atoms with Crippen molar-refractivity contribution in [2.75, 3.05) is 12.4 Å². The lowest BCUT2D eigenvalue weighted by molar-refractivity contribution is 0.102. The smallest absolute Gasteiger partial charge is 0.259 e. The summed E-state index contributed by atoms with van der Waals surface area (Å²) in [5, 5.41) is 3.66. The van der Waals surface area contributed by atoms with E-state index in [1.165, 1.54) is 19.2 Å². The number of hydrogen-bond acceptors (Lipinski definition) is 4. The number of fused-ring (bicyclic) bond motifs is 1. The molecule has 0 fully saturated rings. The third-order valence-corrected chi connectivity index (χ3v) is 5.18. The molecule has 0 saturated heterocycles. The molecule has 0 atom stereocenters. The van der Waals surface area contributed by atoms with Gasteiger partial charge in [0, 0.05) is 5.56 Å². The number of ether oxygens (including phenoxy) is 1. The molecule has 1 amide bonds. The molecule has 0 aliphatic carbocycles. The molecule has 3 aromatic carbocycles. The highest BCUT2D eigenvalue weighted by Crippen LogP contribution is 2.34. The van der Waals surface area contributed by atoms with E-state index >= 15 is 0 Å². The van der Waals surface area contributed by atoms with Crippen LogP contribution in [0.4, 0.5) is 10.1 Å². The molecular formula is C21H15FN2O2S. The third kappa shape index (κ3) is 3.39. The molecule has 4 aromatic rings. The van der Waals surface area contributed by atoms with Gasteiger partial charge in [-0.05, 0) is 42.5 Å². The van der Waals surface area contributed by atoms with E-state index in [9.17, 15) is 9.18 Å². The number of para-hydroxylation sites is 2. The molecule has 0 aliphatic rings. The van der Waals surface area contributed by atoms with Gasteiger partial charge in [0.15, 0.2) is 0 Å². The second-order valence-corrected chi connectivity index (χ2v) is 6.86. The number of nitrogens with one attached hydrogen (secondary N) is 1. The van der Waals surface area contributed by atoms with Crippen molar-refractivity contribution in [2.24, 2.45) is 0 Å². The molecule has 27 heavy (non-hydrogen) atoms. The number of hydrogen-bond donors (Lipinski definition) is 1. The van der Waals surface area contributed by atoms with Gasteiger partial charge < -0.3 is 10.1 Å². The third-order valence-electron chi connectivity index (χ3n) is 4.11. The number of methoxy groups -OCH3 is 1. The molecule has 0 spiro atoms. The van der Waals surface area contributed by atoms with Crippen molar-refractivity contribution in [1.82, 2.24) is 4.98 Å². The lowest BCUT2D eigenvalue weighted by Gasteiger charge is -2.12. The van der Waals surface area contributed by atoms with E-state index in [0.717, 1.165) is 26.9 Å². The molecular weight excluding hydrogens is 363 g/mol. The summed E-state index contributed by atoms with van der Waals surface area (Å²) in [6.45, 7) is 0. The van der Waals surface area contributed by atoms with E-state index < -0.39 is 11.7 Å². The first-order chi connectivity index (χ1) is 13.2. The molecule has 4 rings (SSSR count). The van der Waals surface area contributed by atoms with Gasteiger partial charge in [-0.25, -0.2) is 9.37 Å². The summed E-state index contributed by atoms with van der Waals surface area (Å²) >= 11 is 1.55. The van der Waals surface area contributed by atoms with Crippen LogP contribution in [-0.4, -0.2) is 18.0 Å². The highest BCUT2D eigenvalue weighted by atomic mass is 32.1. The number of halogens is 1. The molecule has 0 saturated carbocycles. The highest BCUT2D eigenvalue weighted by molar-refractivity contribution is 7.21. The second kappa shape index (κ2) is 7.17. The molecule has 6 heteroatoms. The number of nitrogens with zero attached hydrogens (tertiary/aromatic N) is 1. The first-order valence-corrected chi connectivity index (χ1v) is 9.07. The Hall–Kier alpha value is -3.25. The zero-order valence-electron chi connectivity index (χ0n) is 14.4. The van der Waals surface area contributed by atoms with Crippen LogP contribution >= 0.6 is 11.3 Å². The van der Waals surface area contributed by atoms with E-state index in [2.05, 4.69) is 10.3 Å². The van der Waals surface area contributed by atoms with Gasteiger partial charge in [0.1, 0.15) is 16.6 Å². The number of aromatic nitrogens is 1. The minimum Gasteiger partial charge on any atom is -0.496 e. The maximum Gasteiger partial charge on any atom is 0.259 e. The Bertz CT molecular complexity index is 1110. The van der Waals surface area contributed by atoms with E-state index in [-0.39, 0.29) is 5.56 Å². The number of benzene rings is 3. The second-order valence-electron chi connectivity index (χ2n) is 5.83. The molecule has 0 bridgehead atoms. The zero-order chi connectivity index (χ0) is 18.8. The van der Waals surface area contributed by atoms with Gasteiger partial charge in [-0.2, -0.15) is 0 Å². The molecule has 134 valence electrons. The monoisotopic (exact) mass is 378 g/mol. The number of rotatable bonds is 4. The molecule has 0 aliphatic heterocycles. The zero-order valence-corrected chi connectivity index (χ0v) is 15.2. The molecule has 0 radical (unpaired) electrons. The predicted molar refractivity (Wildman–Crippen MR) is 106 cm³/mol. The van der Waals surface area contributed by atoms with Gasteiger partial charge in [0.05, 0.1) is 28.6 Å². The molecule has 0 unspecified atom stereocenters. The summed E-state index contributed by atoms with van der Waals surface area (Å²) in [6.07, 6.45) is 0. The summed E-state index contributed by atoms with van der Waals surface area (Å²) in [6, 6.07) is 19.1. The predicted octanol–water partition coefficient (Wildman–Crippen LogP) is 5.36. The van der Waals surface area contributed by atoms with Gasteiger partial charge in [0.2, 0.25) is 0 Å². The quantitative estimate of drug-likeness (QED) is 0.520. The number of amides is 1. The van der Waals surface area contributed by atoms with E-state index in [1.54, 1.807) is 17.4 Å². The number of carbonyl (C=O) groups excluding carboxylic acids is 1. The molecule has 1 heterocycles. The Morgan fingerprint density at radius 3 is 2.67 bits per heavy atom. The van der Waals surface area contributed by atoms with Gasteiger partial charge >= 0.3 is 0 Å². The van der Waals surface area contributed by atoms with Crippen LogP contribution in [0.2, 0.25) is 0 Å². The molecule has 1 N–H and O–H groups in total. The number of anilines is 1. The largest absolute Gasteiger partial charge is 0.496 e. The Balaban J connectivity index is 1.71. The van der Waals surface area contributed by atoms with Crippen LogP contribution in [0, 0.1) is 5.82 Å². The summed E-state index contributed by atoms with van der Waals surface area (Å²) in [5.41, 5.74) is 2.46. The van der Waals surface area contributed by atoms with Crippen LogP contribution in [0.25, 0.3) is 20.8 Å². The number of carbonyl (C=O) groups is 1. The van der Waals surface area contributed by atoms with Crippen molar-refractivity contribution in [3.05, 3.63) is 78.1 Å². The van der Waals surface area contributed by atoms with Gasteiger partial charge in [-0.15, -0.1) is 11.3 Å². The normalized spacial score (nSPS) is 10.7. The van der Waals surface area contributed by atoms with E-state index in [1.807, 2.05) is 42.5 Å². The Kier molecular flexibility index (Phi) is 4.56. The van der Waals surface area contributed by atoms with Crippen LogP contribution in [0.15, 0.2) is 66.7 Å². The van der Waals surface area contributed by atoms with Crippen LogP contribution in [0.5, 0.6) is 5.75 Å². The van der Waals surface area contributed by atoms with E-state index in [4.69, 9.17) is 4.74 Å².